The van der Waals surface area contributed by atoms with Crippen molar-refractivity contribution in [2.24, 2.45) is 0 Å². The molecule has 0 aliphatic rings. The zero-order valence-corrected chi connectivity index (χ0v) is 14.8. The van der Waals surface area contributed by atoms with E-state index in [-0.39, 0.29) is 0 Å². The van der Waals surface area contributed by atoms with Gasteiger partial charge in [0.1, 0.15) is 0 Å². The molecule has 0 unspecified atom stereocenters. The number of hydrogen-bond acceptors (Lipinski definition) is 7. The Morgan fingerprint density at radius 2 is 0.478 bits per heavy atom. The Labute approximate surface area is 140 Å². The standard InChI is InChI=1S/C16H34O7/c1-3-17-5-7-19-9-11-21-13-15-23-16-14-22-12-10-20-8-6-18-4-2/h3-16H2,1-2H3. The van der Waals surface area contributed by atoms with E-state index < -0.39 is 0 Å². The molecule has 0 aromatic heterocycles. The zero-order chi connectivity index (χ0) is 16.8. The van der Waals surface area contributed by atoms with Crippen molar-refractivity contribution in [3.8, 4) is 0 Å². The first kappa shape index (κ1) is 22.7. The predicted octanol–water partition coefficient (Wildman–Crippen LogP) is 1.14. The number of hydrogen-bond donors (Lipinski definition) is 0. The molecule has 0 saturated heterocycles. The Balaban J connectivity index is 2.92. The Kier molecular flexibility index (Phi) is 21.5. The van der Waals surface area contributed by atoms with E-state index in [0.29, 0.717) is 79.3 Å². The van der Waals surface area contributed by atoms with Crippen LogP contribution in [0.15, 0.2) is 0 Å². The zero-order valence-electron chi connectivity index (χ0n) is 14.8. The third kappa shape index (κ3) is 21.7. The second kappa shape index (κ2) is 21.7. The fraction of sp³-hybridized carbons (Fsp3) is 1.00. The van der Waals surface area contributed by atoms with Gasteiger partial charge in [-0.25, -0.2) is 0 Å². The normalized spacial score (nSPS) is 11.2. The van der Waals surface area contributed by atoms with Crippen molar-refractivity contribution >= 4 is 0 Å². The van der Waals surface area contributed by atoms with E-state index in [1.54, 1.807) is 0 Å². The molecule has 0 atom stereocenters. The number of rotatable bonds is 20. The van der Waals surface area contributed by atoms with Crippen LogP contribution in [-0.4, -0.2) is 92.5 Å². The molecule has 0 spiro atoms. The van der Waals surface area contributed by atoms with Crippen molar-refractivity contribution in [1.29, 1.82) is 0 Å². The summed E-state index contributed by atoms with van der Waals surface area (Å²) < 4.78 is 37.1. The van der Waals surface area contributed by atoms with E-state index in [9.17, 15) is 0 Å². The Hall–Kier alpha value is -0.280. The molecular formula is C16H34O7. The fourth-order valence-corrected chi connectivity index (χ4v) is 1.51. The third-order valence-corrected chi connectivity index (χ3v) is 2.64. The summed E-state index contributed by atoms with van der Waals surface area (Å²) in [7, 11) is 0. The van der Waals surface area contributed by atoms with Crippen LogP contribution in [0.1, 0.15) is 13.8 Å². The Bertz CT molecular complexity index is 185. The van der Waals surface area contributed by atoms with Gasteiger partial charge in [0, 0.05) is 13.2 Å². The van der Waals surface area contributed by atoms with Crippen LogP contribution in [0.4, 0.5) is 0 Å². The van der Waals surface area contributed by atoms with Gasteiger partial charge in [-0.2, -0.15) is 0 Å². The highest BCUT2D eigenvalue weighted by Gasteiger charge is 1.93. The molecule has 7 nitrogen and oxygen atoms in total. The summed E-state index contributed by atoms with van der Waals surface area (Å²) in [6.45, 7) is 12.4. The van der Waals surface area contributed by atoms with Gasteiger partial charge in [-0.3, -0.25) is 0 Å². The van der Waals surface area contributed by atoms with Crippen molar-refractivity contribution in [1.82, 2.24) is 0 Å². The maximum Gasteiger partial charge on any atom is 0.0701 e. The van der Waals surface area contributed by atoms with Gasteiger partial charge < -0.3 is 33.2 Å². The molecule has 0 fully saturated rings. The first-order valence-electron chi connectivity index (χ1n) is 8.46. The Morgan fingerprint density at radius 3 is 0.652 bits per heavy atom. The smallest absolute Gasteiger partial charge is 0.0701 e. The van der Waals surface area contributed by atoms with Crippen LogP contribution in [0.5, 0.6) is 0 Å². The lowest BCUT2D eigenvalue weighted by atomic mass is 10.6. The van der Waals surface area contributed by atoms with Crippen LogP contribution in [0.25, 0.3) is 0 Å². The molecule has 0 N–H and O–H groups in total. The molecule has 0 aromatic carbocycles. The molecule has 0 saturated carbocycles. The van der Waals surface area contributed by atoms with E-state index in [1.165, 1.54) is 0 Å². The van der Waals surface area contributed by atoms with Crippen LogP contribution in [0.3, 0.4) is 0 Å². The average Bonchev–Trinajstić information content (AvgIpc) is 2.57. The third-order valence-electron chi connectivity index (χ3n) is 2.64. The predicted molar refractivity (Wildman–Crippen MR) is 87.1 cm³/mol. The van der Waals surface area contributed by atoms with Crippen molar-refractivity contribution in [3.63, 3.8) is 0 Å². The highest BCUT2D eigenvalue weighted by atomic mass is 16.6. The van der Waals surface area contributed by atoms with Gasteiger partial charge in [-0.15, -0.1) is 0 Å². The van der Waals surface area contributed by atoms with Gasteiger partial charge >= 0.3 is 0 Å². The maximum atomic E-state index is 5.38. The van der Waals surface area contributed by atoms with Crippen LogP contribution in [0, 0.1) is 0 Å². The largest absolute Gasteiger partial charge is 0.379 e. The van der Waals surface area contributed by atoms with E-state index in [4.69, 9.17) is 33.2 Å². The molecule has 23 heavy (non-hydrogen) atoms. The van der Waals surface area contributed by atoms with E-state index in [2.05, 4.69) is 0 Å². The van der Waals surface area contributed by atoms with E-state index in [1.807, 2.05) is 13.8 Å². The van der Waals surface area contributed by atoms with Gasteiger partial charge in [0.15, 0.2) is 0 Å². The first-order chi connectivity index (χ1) is 11.4. The van der Waals surface area contributed by atoms with Crippen LogP contribution in [-0.2, 0) is 33.2 Å². The minimum Gasteiger partial charge on any atom is -0.379 e. The molecule has 0 aromatic rings. The lowest BCUT2D eigenvalue weighted by Crippen LogP contribution is -2.14. The Morgan fingerprint density at radius 1 is 0.304 bits per heavy atom. The van der Waals surface area contributed by atoms with Gasteiger partial charge in [0.2, 0.25) is 0 Å². The number of ether oxygens (including phenoxy) is 7. The summed E-state index contributed by atoms with van der Waals surface area (Å²) in [4.78, 5) is 0. The second-order valence-electron chi connectivity index (χ2n) is 4.46. The van der Waals surface area contributed by atoms with Gasteiger partial charge in [-0.05, 0) is 13.8 Å². The molecule has 0 aliphatic heterocycles. The summed E-state index contributed by atoms with van der Waals surface area (Å²) >= 11 is 0. The molecule has 7 heteroatoms. The minimum atomic E-state index is 0.563. The monoisotopic (exact) mass is 338 g/mol. The quantitative estimate of drug-likeness (QED) is 0.308. The van der Waals surface area contributed by atoms with Crippen LogP contribution < -0.4 is 0 Å². The van der Waals surface area contributed by atoms with Gasteiger partial charge in [0.05, 0.1) is 79.3 Å². The van der Waals surface area contributed by atoms with E-state index in [0.717, 1.165) is 13.2 Å². The molecule has 0 radical (unpaired) electrons. The first-order valence-corrected chi connectivity index (χ1v) is 8.46. The molecule has 140 valence electrons. The van der Waals surface area contributed by atoms with Crippen molar-refractivity contribution in [2.75, 3.05) is 92.5 Å². The van der Waals surface area contributed by atoms with Crippen LogP contribution in [0.2, 0.25) is 0 Å². The van der Waals surface area contributed by atoms with Crippen molar-refractivity contribution in [3.05, 3.63) is 0 Å². The second-order valence-corrected chi connectivity index (χ2v) is 4.46. The lowest BCUT2D eigenvalue weighted by Gasteiger charge is -2.08. The van der Waals surface area contributed by atoms with E-state index >= 15 is 0 Å². The topological polar surface area (TPSA) is 64.6 Å². The van der Waals surface area contributed by atoms with Crippen LogP contribution >= 0.6 is 0 Å². The van der Waals surface area contributed by atoms with Crippen molar-refractivity contribution < 1.29 is 33.2 Å². The molecular weight excluding hydrogens is 304 g/mol. The van der Waals surface area contributed by atoms with Crippen molar-refractivity contribution in [2.45, 2.75) is 13.8 Å². The molecule has 0 heterocycles. The summed E-state index contributed by atoms with van der Waals surface area (Å²) in [5, 5.41) is 0. The molecule has 0 rings (SSSR count). The summed E-state index contributed by atoms with van der Waals surface area (Å²) in [6.07, 6.45) is 0. The van der Waals surface area contributed by atoms with Gasteiger partial charge in [-0.1, -0.05) is 0 Å². The highest BCUT2D eigenvalue weighted by Crippen LogP contribution is 1.84. The highest BCUT2D eigenvalue weighted by molar-refractivity contribution is 4.36. The average molecular weight is 338 g/mol. The summed E-state index contributed by atoms with van der Waals surface area (Å²) in [6, 6.07) is 0. The SMILES string of the molecule is CCOCCOCCOCCOCCOCCOCCOCC. The fourth-order valence-electron chi connectivity index (χ4n) is 1.51. The maximum absolute atomic E-state index is 5.38. The lowest BCUT2D eigenvalue weighted by molar-refractivity contribution is -0.0197. The minimum absolute atomic E-state index is 0.563. The van der Waals surface area contributed by atoms with Gasteiger partial charge in [0.25, 0.3) is 0 Å². The molecule has 0 aliphatic carbocycles. The molecule has 0 amide bonds. The molecule has 0 bridgehead atoms. The summed E-state index contributed by atoms with van der Waals surface area (Å²) in [5.41, 5.74) is 0. The summed E-state index contributed by atoms with van der Waals surface area (Å²) in [5.74, 6) is 0.